The first-order chi connectivity index (χ1) is 6.07. The first-order valence-corrected chi connectivity index (χ1v) is 5.00. The molecule has 2 heteroatoms. The first kappa shape index (κ1) is 12.7. The largest absolute Gasteiger partial charge is 0.394 e. The number of unbranched alkanes of at least 4 members (excludes halogenated alkanes) is 1. The maximum Gasteiger partial charge on any atom is 0.0796 e. The average Bonchev–Trinajstić information content (AvgIpc) is 2.10. The third-order valence-electron chi connectivity index (χ3n) is 2.26. The predicted octanol–water partition coefficient (Wildman–Crippen LogP) is 2.11. The molecule has 0 saturated carbocycles. The van der Waals surface area contributed by atoms with Crippen LogP contribution in [0, 0.1) is 5.92 Å². The van der Waals surface area contributed by atoms with E-state index in [1.165, 1.54) is 5.57 Å². The quantitative estimate of drug-likeness (QED) is 0.492. The Bertz CT molecular complexity index is 148. The van der Waals surface area contributed by atoms with Gasteiger partial charge < -0.3 is 10.2 Å². The van der Waals surface area contributed by atoms with Crippen molar-refractivity contribution in [2.24, 2.45) is 5.92 Å². The minimum Gasteiger partial charge on any atom is -0.394 e. The highest BCUT2D eigenvalue weighted by Crippen LogP contribution is 2.12. The molecule has 0 saturated heterocycles. The van der Waals surface area contributed by atoms with E-state index >= 15 is 0 Å². The van der Waals surface area contributed by atoms with Crippen LogP contribution in [0.1, 0.15) is 40.0 Å². The Kier molecular flexibility index (Phi) is 6.92. The Morgan fingerprint density at radius 3 is 2.46 bits per heavy atom. The maximum atomic E-state index is 9.27. The van der Waals surface area contributed by atoms with Gasteiger partial charge in [-0.15, -0.1) is 0 Å². The number of hydrogen-bond acceptors (Lipinski definition) is 2. The molecule has 0 aliphatic rings. The van der Waals surface area contributed by atoms with Crippen LogP contribution in [-0.2, 0) is 0 Å². The molecule has 0 aliphatic carbocycles. The molecule has 0 spiro atoms. The summed E-state index contributed by atoms with van der Waals surface area (Å²) in [7, 11) is 0. The summed E-state index contributed by atoms with van der Waals surface area (Å²) in [4.78, 5) is 0. The highest BCUT2D eigenvalue weighted by molar-refractivity contribution is 4.92. The second-order valence-corrected chi connectivity index (χ2v) is 3.94. The molecule has 0 fully saturated rings. The summed E-state index contributed by atoms with van der Waals surface area (Å²) < 4.78 is 0. The van der Waals surface area contributed by atoms with Crippen molar-refractivity contribution in [1.29, 1.82) is 0 Å². The van der Waals surface area contributed by atoms with Gasteiger partial charge in [0, 0.05) is 0 Å². The molecule has 0 amide bonds. The zero-order chi connectivity index (χ0) is 10.3. The van der Waals surface area contributed by atoms with Gasteiger partial charge >= 0.3 is 0 Å². The lowest BCUT2D eigenvalue weighted by Gasteiger charge is -2.15. The van der Waals surface area contributed by atoms with Crippen LogP contribution in [0.25, 0.3) is 0 Å². The van der Waals surface area contributed by atoms with Crippen molar-refractivity contribution >= 4 is 0 Å². The van der Waals surface area contributed by atoms with Gasteiger partial charge in [0.15, 0.2) is 0 Å². The molecule has 13 heavy (non-hydrogen) atoms. The summed E-state index contributed by atoms with van der Waals surface area (Å²) in [5.41, 5.74) is 1.34. The van der Waals surface area contributed by atoms with Crippen LogP contribution in [0.2, 0.25) is 0 Å². The molecule has 0 rings (SSSR count). The van der Waals surface area contributed by atoms with E-state index in [0.29, 0.717) is 0 Å². The van der Waals surface area contributed by atoms with Crippen molar-refractivity contribution in [3.05, 3.63) is 11.6 Å². The van der Waals surface area contributed by atoms with Gasteiger partial charge in [-0.2, -0.15) is 0 Å². The number of rotatable bonds is 6. The predicted molar refractivity (Wildman–Crippen MR) is 55.5 cm³/mol. The standard InChI is InChI=1S/C11H22O2/c1-9(2)6-4-5-7-10(3)11(13)8-12/h6,10-13H,4-5,7-8H2,1-3H3. The number of aliphatic hydroxyl groups is 2. The Labute approximate surface area is 81.3 Å². The molecule has 0 bridgehead atoms. The third kappa shape index (κ3) is 6.79. The van der Waals surface area contributed by atoms with E-state index in [1.54, 1.807) is 0 Å². The smallest absolute Gasteiger partial charge is 0.0796 e. The number of allylic oxidation sites excluding steroid dienone is 2. The zero-order valence-corrected chi connectivity index (χ0v) is 8.95. The second kappa shape index (κ2) is 7.10. The molecule has 2 N–H and O–H groups in total. The van der Waals surface area contributed by atoms with E-state index in [-0.39, 0.29) is 12.5 Å². The summed E-state index contributed by atoms with van der Waals surface area (Å²) in [6.45, 7) is 6.03. The average molecular weight is 186 g/mol. The van der Waals surface area contributed by atoms with Crippen molar-refractivity contribution in [2.75, 3.05) is 6.61 Å². The first-order valence-electron chi connectivity index (χ1n) is 5.00. The van der Waals surface area contributed by atoms with E-state index in [0.717, 1.165) is 19.3 Å². The Morgan fingerprint density at radius 1 is 1.38 bits per heavy atom. The van der Waals surface area contributed by atoms with E-state index in [4.69, 9.17) is 5.11 Å². The number of aliphatic hydroxyl groups excluding tert-OH is 2. The van der Waals surface area contributed by atoms with E-state index in [1.807, 2.05) is 6.92 Å². The molecule has 2 unspecified atom stereocenters. The van der Waals surface area contributed by atoms with Gasteiger partial charge in [-0.1, -0.05) is 18.6 Å². The number of hydrogen-bond donors (Lipinski definition) is 2. The van der Waals surface area contributed by atoms with Gasteiger partial charge in [-0.05, 0) is 39.0 Å². The Hall–Kier alpha value is -0.340. The molecular formula is C11H22O2. The SMILES string of the molecule is CC(C)=CCCCC(C)C(O)CO. The van der Waals surface area contributed by atoms with Gasteiger partial charge in [-0.25, -0.2) is 0 Å². The van der Waals surface area contributed by atoms with Crippen LogP contribution in [0.15, 0.2) is 11.6 Å². The molecule has 0 radical (unpaired) electrons. The summed E-state index contributed by atoms with van der Waals surface area (Å²) >= 11 is 0. The molecule has 78 valence electrons. The molecule has 0 aromatic rings. The molecular weight excluding hydrogens is 164 g/mol. The van der Waals surface area contributed by atoms with E-state index in [2.05, 4.69) is 19.9 Å². The van der Waals surface area contributed by atoms with E-state index < -0.39 is 6.10 Å². The van der Waals surface area contributed by atoms with Crippen LogP contribution >= 0.6 is 0 Å². The Balaban J connectivity index is 3.47. The van der Waals surface area contributed by atoms with Crippen molar-refractivity contribution in [2.45, 2.75) is 46.1 Å². The lowest BCUT2D eigenvalue weighted by Crippen LogP contribution is -2.21. The van der Waals surface area contributed by atoms with Gasteiger partial charge in [0.2, 0.25) is 0 Å². The third-order valence-corrected chi connectivity index (χ3v) is 2.26. The zero-order valence-electron chi connectivity index (χ0n) is 8.95. The van der Waals surface area contributed by atoms with Crippen molar-refractivity contribution in [3.8, 4) is 0 Å². The van der Waals surface area contributed by atoms with Gasteiger partial charge in [-0.3, -0.25) is 0 Å². The monoisotopic (exact) mass is 186 g/mol. The topological polar surface area (TPSA) is 40.5 Å². The van der Waals surface area contributed by atoms with Crippen LogP contribution in [0.4, 0.5) is 0 Å². The molecule has 0 aromatic carbocycles. The maximum absolute atomic E-state index is 9.27. The van der Waals surface area contributed by atoms with Crippen LogP contribution < -0.4 is 0 Å². The lowest BCUT2D eigenvalue weighted by atomic mass is 9.98. The van der Waals surface area contributed by atoms with Crippen LogP contribution in [0.5, 0.6) is 0 Å². The van der Waals surface area contributed by atoms with Crippen molar-refractivity contribution < 1.29 is 10.2 Å². The van der Waals surface area contributed by atoms with Gasteiger partial charge in [0.25, 0.3) is 0 Å². The molecule has 2 nitrogen and oxygen atoms in total. The summed E-state index contributed by atoms with van der Waals surface area (Å²) in [6, 6.07) is 0. The fourth-order valence-electron chi connectivity index (χ4n) is 1.20. The summed E-state index contributed by atoms with van der Waals surface area (Å²) in [6.07, 6.45) is 4.80. The fraction of sp³-hybridized carbons (Fsp3) is 0.818. The van der Waals surface area contributed by atoms with Crippen molar-refractivity contribution in [3.63, 3.8) is 0 Å². The lowest BCUT2D eigenvalue weighted by molar-refractivity contribution is 0.0498. The highest BCUT2D eigenvalue weighted by Gasteiger charge is 2.11. The normalized spacial score (nSPS) is 15.2. The van der Waals surface area contributed by atoms with E-state index in [9.17, 15) is 5.11 Å². The van der Waals surface area contributed by atoms with Gasteiger partial charge in [0.05, 0.1) is 12.7 Å². The summed E-state index contributed by atoms with van der Waals surface area (Å²) in [5.74, 6) is 0.204. The molecule has 0 aromatic heterocycles. The molecule has 0 aliphatic heterocycles. The second-order valence-electron chi connectivity index (χ2n) is 3.94. The highest BCUT2D eigenvalue weighted by atomic mass is 16.3. The minimum absolute atomic E-state index is 0.121. The van der Waals surface area contributed by atoms with Crippen molar-refractivity contribution in [1.82, 2.24) is 0 Å². The van der Waals surface area contributed by atoms with Crippen LogP contribution in [-0.4, -0.2) is 22.9 Å². The Morgan fingerprint density at radius 2 is 2.00 bits per heavy atom. The minimum atomic E-state index is -0.549. The molecule has 2 atom stereocenters. The summed E-state index contributed by atoms with van der Waals surface area (Å²) in [5, 5.41) is 18.0. The van der Waals surface area contributed by atoms with Gasteiger partial charge in [0.1, 0.15) is 0 Å². The molecule has 0 heterocycles. The fourth-order valence-corrected chi connectivity index (χ4v) is 1.20. The van der Waals surface area contributed by atoms with Crippen LogP contribution in [0.3, 0.4) is 0 Å².